The normalized spacial score (nSPS) is 11.8. The first-order chi connectivity index (χ1) is 17.2. The number of phenolic OH excluding ortho intramolecular Hbond substituents is 1. The predicted octanol–water partition coefficient (Wildman–Crippen LogP) is 9.79. The lowest BCUT2D eigenvalue weighted by molar-refractivity contribution is 0.482. The third-order valence-electron chi connectivity index (χ3n) is 5.15. The largest absolute Gasteiger partial charge is 0.505 e. The molecule has 7 heteroatoms. The van der Waals surface area contributed by atoms with Crippen molar-refractivity contribution in [3.63, 3.8) is 0 Å². The molecule has 0 spiro atoms. The van der Waals surface area contributed by atoms with Crippen molar-refractivity contribution in [1.82, 2.24) is 0 Å². The van der Waals surface area contributed by atoms with Crippen LogP contribution in [-0.2, 0) is 0 Å². The van der Waals surface area contributed by atoms with Crippen LogP contribution in [0.2, 0.25) is 0 Å². The average Bonchev–Trinajstić information content (AvgIpc) is 2.92. The molecule has 0 aromatic heterocycles. The van der Waals surface area contributed by atoms with Gasteiger partial charge in [-0.25, -0.2) is 0 Å². The van der Waals surface area contributed by atoms with E-state index >= 15 is 0 Å². The molecule has 5 aromatic rings. The highest BCUT2D eigenvalue weighted by molar-refractivity contribution is 5.94. The van der Waals surface area contributed by atoms with E-state index in [9.17, 15) is 5.11 Å². The van der Waals surface area contributed by atoms with Gasteiger partial charge in [0.05, 0.1) is 28.4 Å². The molecule has 0 unspecified atom stereocenters. The fraction of sp³-hybridized carbons (Fsp3) is 0. The SMILES string of the molecule is Oc1c(N=Nc2ccc(N=Nc3ccccc3)cc2)ccc2cc(N=Nc3ccccc3)ccc12. The van der Waals surface area contributed by atoms with Crippen molar-refractivity contribution in [2.45, 2.75) is 0 Å². The van der Waals surface area contributed by atoms with E-state index in [-0.39, 0.29) is 5.75 Å². The second-order valence-corrected chi connectivity index (χ2v) is 7.63. The maximum atomic E-state index is 10.7. The van der Waals surface area contributed by atoms with Crippen LogP contribution in [0.15, 0.2) is 146 Å². The van der Waals surface area contributed by atoms with Gasteiger partial charge in [0.2, 0.25) is 0 Å². The van der Waals surface area contributed by atoms with Crippen molar-refractivity contribution in [2.24, 2.45) is 30.7 Å². The minimum Gasteiger partial charge on any atom is -0.505 e. The van der Waals surface area contributed by atoms with E-state index in [2.05, 4.69) is 30.7 Å². The summed E-state index contributed by atoms with van der Waals surface area (Å²) < 4.78 is 0. The lowest BCUT2D eigenvalue weighted by atomic mass is 10.1. The Morgan fingerprint density at radius 1 is 0.400 bits per heavy atom. The van der Waals surface area contributed by atoms with Gasteiger partial charge in [-0.3, -0.25) is 0 Å². The number of fused-ring (bicyclic) bond motifs is 1. The van der Waals surface area contributed by atoms with E-state index in [0.29, 0.717) is 28.1 Å². The zero-order valence-electron chi connectivity index (χ0n) is 18.6. The van der Waals surface area contributed by atoms with Crippen molar-refractivity contribution in [3.8, 4) is 5.75 Å². The Bertz CT molecular complexity index is 1530. The molecule has 0 bridgehead atoms. The van der Waals surface area contributed by atoms with Crippen molar-refractivity contribution in [1.29, 1.82) is 0 Å². The van der Waals surface area contributed by atoms with E-state index in [1.165, 1.54) is 0 Å². The number of phenols is 1. The molecular weight excluding hydrogens is 436 g/mol. The van der Waals surface area contributed by atoms with E-state index in [1.54, 1.807) is 30.3 Å². The number of benzene rings is 5. The van der Waals surface area contributed by atoms with Crippen molar-refractivity contribution >= 4 is 44.9 Å². The van der Waals surface area contributed by atoms with E-state index in [1.807, 2.05) is 84.9 Å². The molecule has 0 aliphatic rings. The molecule has 35 heavy (non-hydrogen) atoms. The second kappa shape index (κ2) is 10.3. The monoisotopic (exact) mass is 456 g/mol. The number of aromatic hydroxyl groups is 1. The quantitative estimate of drug-likeness (QED) is 0.253. The van der Waals surface area contributed by atoms with Gasteiger partial charge in [-0.05, 0) is 78.2 Å². The highest BCUT2D eigenvalue weighted by Crippen LogP contribution is 2.37. The Labute approximate surface area is 201 Å². The molecule has 0 heterocycles. The minimum absolute atomic E-state index is 0.0612. The Morgan fingerprint density at radius 2 is 0.857 bits per heavy atom. The number of nitrogens with zero attached hydrogens (tertiary/aromatic N) is 6. The van der Waals surface area contributed by atoms with Crippen LogP contribution < -0.4 is 0 Å². The van der Waals surface area contributed by atoms with Crippen molar-refractivity contribution in [3.05, 3.63) is 115 Å². The number of hydrogen-bond donors (Lipinski definition) is 1. The van der Waals surface area contributed by atoms with E-state index in [0.717, 1.165) is 16.8 Å². The summed E-state index contributed by atoms with van der Waals surface area (Å²) in [5.41, 5.74) is 3.98. The molecule has 0 radical (unpaired) electrons. The van der Waals surface area contributed by atoms with Gasteiger partial charge in [0.1, 0.15) is 5.69 Å². The van der Waals surface area contributed by atoms with Crippen molar-refractivity contribution in [2.75, 3.05) is 0 Å². The van der Waals surface area contributed by atoms with Gasteiger partial charge < -0.3 is 5.11 Å². The second-order valence-electron chi connectivity index (χ2n) is 7.63. The third kappa shape index (κ3) is 5.48. The van der Waals surface area contributed by atoms with Gasteiger partial charge in [0.25, 0.3) is 0 Å². The minimum atomic E-state index is 0.0612. The molecular formula is C28H20N6O. The van der Waals surface area contributed by atoms with Crippen LogP contribution >= 0.6 is 0 Å². The molecule has 1 N–H and O–H groups in total. The smallest absolute Gasteiger partial charge is 0.150 e. The van der Waals surface area contributed by atoms with Gasteiger partial charge in [-0.15, -0.1) is 5.11 Å². The lowest BCUT2D eigenvalue weighted by Gasteiger charge is -2.04. The molecule has 0 aliphatic heterocycles. The zero-order valence-corrected chi connectivity index (χ0v) is 18.6. The van der Waals surface area contributed by atoms with Crippen LogP contribution in [0.25, 0.3) is 10.8 Å². The average molecular weight is 457 g/mol. The molecule has 0 amide bonds. The first-order valence-corrected chi connectivity index (χ1v) is 11.0. The summed E-state index contributed by atoms with van der Waals surface area (Å²) in [7, 11) is 0. The summed E-state index contributed by atoms with van der Waals surface area (Å²) in [6.45, 7) is 0. The fourth-order valence-corrected chi connectivity index (χ4v) is 3.35. The van der Waals surface area contributed by atoms with Crippen LogP contribution in [0.1, 0.15) is 0 Å². The molecule has 168 valence electrons. The predicted molar refractivity (Wildman–Crippen MR) is 137 cm³/mol. The first-order valence-electron chi connectivity index (χ1n) is 11.0. The van der Waals surface area contributed by atoms with Crippen molar-refractivity contribution < 1.29 is 5.11 Å². The Morgan fingerprint density at radius 3 is 1.43 bits per heavy atom. The first kappa shape index (κ1) is 21.8. The maximum Gasteiger partial charge on any atom is 0.150 e. The van der Waals surface area contributed by atoms with Gasteiger partial charge >= 0.3 is 0 Å². The standard InChI is InChI=1S/C28H20N6O/c35-28-26-17-16-25(33-30-22-9-5-2-6-10-22)19-20(26)11-18-27(28)34-32-24-14-12-23(13-15-24)31-29-21-7-3-1-4-8-21/h1-19,35H. The van der Waals surface area contributed by atoms with Gasteiger partial charge in [0.15, 0.2) is 5.75 Å². The highest BCUT2D eigenvalue weighted by atomic mass is 16.3. The van der Waals surface area contributed by atoms with Crippen LogP contribution in [0.3, 0.4) is 0 Å². The Balaban J connectivity index is 1.30. The number of rotatable bonds is 6. The lowest BCUT2D eigenvalue weighted by Crippen LogP contribution is -1.76. The summed E-state index contributed by atoms with van der Waals surface area (Å²) in [5, 5.41) is 37.6. The summed E-state index contributed by atoms with van der Waals surface area (Å²) in [6.07, 6.45) is 0. The van der Waals surface area contributed by atoms with Crippen LogP contribution in [0.4, 0.5) is 34.1 Å². The molecule has 5 aromatic carbocycles. The van der Waals surface area contributed by atoms with Crippen LogP contribution in [-0.4, -0.2) is 5.11 Å². The fourth-order valence-electron chi connectivity index (χ4n) is 3.35. The summed E-state index contributed by atoms with van der Waals surface area (Å²) in [6, 6.07) is 35.3. The zero-order chi connectivity index (χ0) is 23.9. The van der Waals surface area contributed by atoms with Gasteiger partial charge in [-0.2, -0.15) is 25.6 Å². The molecule has 7 nitrogen and oxygen atoms in total. The number of hydrogen-bond acceptors (Lipinski definition) is 7. The summed E-state index contributed by atoms with van der Waals surface area (Å²) >= 11 is 0. The molecule has 0 saturated heterocycles. The molecule has 0 atom stereocenters. The van der Waals surface area contributed by atoms with E-state index < -0.39 is 0 Å². The van der Waals surface area contributed by atoms with Gasteiger partial charge in [0, 0.05) is 5.39 Å². The Kier molecular flexibility index (Phi) is 6.39. The maximum absolute atomic E-state index is 10.7. The molecule has 5 rings (SSSR count). The highest BCUT2D eigenvalue weighted by Gasteiger charge is 2.07. The third-order valence-corrected chi connectivity index (χ3v) is 5.15. The molecule has 0 saturated carbocycles. The molecule has 0 aliphatic carbocycles. The molecule has 0 fully saturated rings. The van der Waals surface area contributed by atoms with Gasteiger partial charge in [-0.1, -0.05) is 42.5 Å². The van der Waals surface area contributed by atoms with E-state index in [4.69, 9.17) is 0 Å². The Hall–Kier alpha value is -5.04. The van der Waals surface area contributed by atoms with Crippen LogP contribution in [0.5, 0.6) is 5.75 Å². The summed E-state index contributed by atoms with van der Waals surface area (Å²) in [4.78, 5) is 0. The number of azo groups is 3. The van der Waals surface area contributed by atoms with Crippen LogP contribution in [0, 0.1) is 0 Å². The summed E-state index contributed by atoms with van der Waals surface area (Å²) in [5.74, 6) is 0.0612. The topological polar surface area (TPSA) is 94.4 Å².